The van der Waals surface area contributed by atoms with Crippen molar-refractivity contribution in [2.75, 3.05) is 58.3 Å². The molecule has 1 amide bonds. The van der Waals surface area contributed by atoms with Crippen molar-refractivity contribution < 1.29 is 4.79 Å². The molecule has 2 aromatic rings. The predicted octanol–water partition coefficient (Wildman–Crippen LogP) is 1.09. The number of nitrogens with zero attached hydrogens (tertiary/aromatic N) is 5. The van der Waals surface area contributed by atoms with Gasteiger partial charge >= 0.3 is 0 Å². The maximum absolute atomic E-state index is 12.3. The number of hydrogen-bond acceptors (Lipinski definition) is 6. The van der Waals surface area contributed by atoms with Gasteiger partial charge in [0.1, 0.15) is 5.69 Å². The van der Waals surface area contributed by atoms with E-state index >= 15 is 0 Å². The van der Waals surface area contributed by atoms with Crippen molar-refractivity contribution in [3.63, 3.8) is 0 Å². The number of hydrogen-bond donors (Lipinski definition) is 1. The van der Waals surface area contributed by atoms with E-state index in [0.29, 0.717) is 18.2 Å². The first-order valence-corrected chi connectivity index (χ1v) is 9.39. The molecule has 3 rings (SSSR count). The molecular formula is C20H28N6O. The van der Waals surface area contributed by atoms with E-state index in [9.17, 15) is 4.79 Å². The Hall–Kier alpha value is -2.51. The first kappa shape index (κ1) is 19.3. The number of amides is 1. The summed E-state index contributed by atoms with van der Waals surface area (Å²) in [4.78, 5) is 27.7. The predicted molar refractivity (Wildman–Crippen MR) is 107 cm³/mol. The lowest BCUT2D eigenvalue weighted by Gasteiger charge is -2.34. The molecule has 1 N–H and O–H groups in total. The highest BCUT2D eigenvalue weighted by molar-refractivity contribution is 5.92. The summed E-state index contributed by atoms with van der Waals surface area (Å²) >= 11 is 0. The van der Waals surface area contributed by atoms with Crippen LogP contribution in [0.1, 0.15) is 16.1 Å². The molecule has 2 heterocycles. The van der Waals surface area contributed by atoms with E-state index in [1.54, 1.807) is 12.3 Å². The molecule has 7 nitrogen and oxygen atoms in total. The zero-order valence-electron chi connectivity index (χ0n) is 16.1. The van der Waals surface area contributed by atoms with E-state index in [-0.39, 0.29) is 5.91 Å². The van der Waals surface area contributed by atoms with Crippen molar-refractivity contribution in [2.24, 2.45) is 0 Å². The minimum absolute atomic E-state index is 0.150. The molecule has 1 fully saturated rings. The van der Waals surface area contributed by atoms with Crippen LogP contribution in [0.15, 0.2) is 42.6 Å². The van der Waals surface area contributed by atoms with Crippen LogP contribution in [0.2, 0.25) is 0 Å². The number of piperazine rings is 1. The first-order valence-electron chi connectivity index (χ1n) is 9.39. The molecular weight excluding hydrogens is 340 g/mol. The second kappa shape index (κ2) is 9.43. The minimum atomic E-state index is -0.150. The maximum atomic E-state index is 12.3. The van der Waals surface area contributed by atoms with Crippen molar-refractivity contribution in [1.82, 2.24) is 25.1 Å². The molecule has 27 heavy (non-hydrogen) atoms. The van der Waals surface area contributed by atoms with Crippen molar-refractivity contribution in [1.29, 1.82) is 0 Å². The fourth-order valence-electron chi connectivity index (χ4n) is 3.06. The summed E-state index contributed by atoms with van der Waals surface area (Å²) in [5, 5.41) is 2.90. The number of benzene rings is 1. The Kier molecular flexibility index (Phi) is 6.73. The average Bonchev–Trinajstić information content (AvgIpc) is 2.69. The molecule has 1 aliphatic rings. The van der Waals surface area contributed by atoms with Crippen LogP contribution in [0.25, 0.3) is 0 Å². The van der Waals surface area contributed by atoms with Crippen LogP contribution in [0.5, 0.6) is 0 Å². The van der Waals surface area contributed by atoms with Gasteiger partial charge in [-0.3, -0.25) is 9.69 Å². The summed E-state index contributed by atoms with van der Waals surface area (Å²) in [6.07, 6.45) is 1.67. The number of aromatic nitrogens is 2. The van der Waals surface area contributed by atoms with Gasteiger partial charge in [-0.25, -0.2) is 9.97 Å². The Morgan fingerprint density at radius 2 is 1.85 bits per heavy atom. The smallest absolute Gasteiger partial charge is 0.270 e. The third-order valence-electron chi connectivity index (χ3n) is 4.62. The normalized spacial score (nSPS) is 15.1. The van der Waals surface area contributed by atoms with Gasteiger partial charge in [-0.1, -0.05) is 30.3 Å². The molecule has 144 valence electrons. The molecule has 0 spiro atoms. The van der Waals surface area contributed by atoms with Crippen molar-refractivity contribution in [3.8, 4) is 0 Å². The Morgan fingerprint density at radius 3 is 2.56 bits per heavy atom. The average molecular weight is 368 g/mol. The van der Waals surface area contributed by atoms with Crippen LogP contribution < -0.4 is 10.2 Å². The summed E-state index contributed by atoms with van der Waals surface area (Å²) in [5.41, 5.74) is 1.75. The Balaban J connectivity index is 1.53. The highest BCUT2D eigenvalue weighted by Gasteiger charge is 2.20. The second-order valence-electron chi connectivity index (χ2n) is 7.05. The van der Waals surface area contributed by atoms with Crippen LogP contribution in [0.3, 0.4) is 0 Å². The van der Waals surface area contributed by atoms with Gasteiger partial charge in [0.2, 0.25) is 5.95 Å². The third kappa shape index (κ3) is 5.74. The standard InChI is InChI=1S/C20H28N6O/c1-24(2)11-10-21-19(27)18-8-9-22-20(23-18)26-14-12-25(13-15-26)16-17-6-4-3-5-7-17/h3-9H,10-16H2,1-2H3,(H,21,27). The van der Waals surface area contributed by atoms with Crippen LogP contribution in [-0.4, -0.2) is 79.0 Å². The topological polar surface area (TPSA) is 64.6 Å². The molecule has 1 aromatic carbocycles. The van der Waals surface area contributed by atoms with Gasteiger partial charge in [-0.05, 0) is 25.7 Å². The zero-order chi connectivity index (χ0) is 19.1. The zero-order valence-corrected chi connectivity index (χ0v) is 16.1. The van der Waals surface area contributed by atoms with E-state index in [0.717, 1.165) is 39.3 Å². The number of rotatable bonds is 7. The highest BCUT2D eigenvalue weighted by Crippen LogP contribution is 2.13. The molecule has 1 aromatic heterocycles. The van der Waals surface area contributed by atoms with Crippen molar-refractivity contribution >= 4 is 11.9 Å². The Bertz CT molecular complexity index is 728. The maximum Gasteiger partial charge on any atom is 0.270 e. The lowest BCUT2D eigenvalue weighted by molar-refractivity contribution is 0.0946. The van der Waals surface area contributed by atoms with E-state index in [1.165, 1.54) is 5.56 Å². The van der Waals surface area contributed by atoms with E-state index < -0.39 is 0 Å². The first-order chi connectivity index (χ1) is 13.1. The third-order valence-corrected chi connectivity index (χ3v) is 4.62. The summed E-state index contributed by atoms with van der Waals surface area (Å²) in [5.74, 6) is 0.484. The molecule has 0 aliphatic carbocycles. The van der Waals surface area contributed by atoms with Gasteiger partial charge in [0.25, 0.3) is 5.91 Å². The fourth-order valence-corrected chi connectivity index (χ4v) is 3.06. The van der Waals surface area contributed by atoms with Gasteiger partial charge in [-0.2, -0.15) is 0 Å². The Labute approximate surface area is 161 Å². The highest BCUT2D eigenvalue weighted by atomic mass is 16.1. The largest absolute Gasteiger partial charge is 0.349 e. The molecule has 1 saturated heterocycles. The van der Waals surface area contributed by atoms with Crippen molar-refractivity contribution in [3.05, 3.63) is 53.9 Å². The molecule has 0 radical (unpaired) electrons. The van der Waals surface area contributed by atoms with E-state index in [1.807, 2.05) is 25.1 Å². The molecule has 0 saturated carbocycles. The number of anilines is 1. The molecule has 0 unspecified atom stereocenters. The van der Waals surface area contributed by atoms with Gasteiger partial charge in [0.05, 0.1) is 0 Å². The fraction of sp³-hybridized carbons (Fsp3) is 0.450. The van der Waals surface area contributed by atoms with E-state index in [2.05, 4.69) is 49.4 Å². The lowest BCUT2D eigenvalue weighted by atomic mass is 10.2. The van der Waals surface area contributed by atoms with Gasteiger partial charge in [-0.15, -0.1) is 0 Å². The SMILES string of the molecule is CN(C)CCNC(=O)c1ccnc(N2CCN(Cc3ccccc3)CC2)n1. The summed E-state index contributed by atoms with van der Waals surface area (Å²) in [6.45, 7) is 5.99. The van der Waals surface area contributed by atoms with Crippen molar-refractivity contribution in [2.45, 2.75) is 6.54 Å². The monoisotopic (exact) mass is 368 g/mol. The lowest BCUT2D eigenvalue weighted by Crippen LogP contribution is -2.46. The number of nitrogens with one attached hydrogen (secondary N) is 1. The van der Waals surface area contributed by atoms with Crippen LogP contribution in [-0.2, 0) is 6.54 Å². The second-order valence-corrected chi connectivity index (χ2v) is 7.05. The molecule has 0 atom stereocenters. The van der Waals surface area contributed by atoms with E-state index in [4.69, 9.17) is 0 Å². The minimum Gasteiger partial charge on any atom is -0.349 e. The number of carbonyl (C=O) groups is 1. The van der Waals surface area contributed by atoms with Gasteiger partial charge < -0.3 is 15.1 Å². The molecule has 1 aliphatic heterocycles. The van der Waals surface area contributed by atoms with Crippen LogP contribution in [0.4, 0.5) is 5.95 Å². The summed E-state index contributed by atoms with van der Waals surface area (Å²) in [7, 11) is 3.96. The van der Waals surface area contributed by atoms with Gasteiger partial charge in [0.15, 0.2) is 0 Å². The van der Waals surface area contributed by atoms with Crippen LogP contribution >= 0.6 is 0 Å². The number of carbonyl (C=O) groups excluding carboxylic acids is 1. The molecule has 0 bridgehead atoms. The Morgan fingerprint density at radius 1 is 1.11 bits per heavy atom. The van der Waals surface area contributed by atoms with Crippen LogP contribution in [0, 0.1) is 0 Å². The van der Waals surface area contributed by atoms with Gasteiger partial charge in [0, 0.05) is 52.0 Å². The summed E-state index contributed by atoms with van der Waals surface area (Å²) in [6, 6.07) is 12.2. The summed E-state index contributed by atoms with van der Waals surface area (Å²) < 4.78 is 0. The number of likely N-dealkylation sites (N-methyl/N-ethyl adjacent to an activating group) is 1. The molecule has 7 heteroatoms. The quantitative estimate of drug-likeness (QED) is 0.789.